The highest BCUT2D eigenvalue weighted by atomic mass is 35.5. The molecule has 74 valence electrons. The van der Waals surface area contributed by atoms with Gasteiger partial charge in [-0.2, -0.15) is 0 Å². The van der Waals surface area contributed by atoms with Gasteiger partial charge in [0.1, 0.15) is 5.15 Å². The second-order valence-electron chi connectivity index (χ2n) is 2.91. The number of hydrogen-bond acceptors (Lipinski definition) is 4. The lowest BCUT2D eigenvalue weighted by atomic mass is 10.3. The summed E-state index contributed by atoms with van der Waals surface area (Å²) in [6.45, 7) is 0. The van der Waals surface area contributed by atoms with Gasteiger partial charge in [-0.3, -0.25) is 4.79 Å². The van der Waals surface area contributed by atoms with E-state index >= 15 is 0 Å². The monoisotopic (exact) mass is 229 g/mol. The quantitative estimate of drug-likeness (QED) is 0.654. The van der Waals surface area contributed by atoms with E-state index in [0.29, 0.717) is 16.6 Å². The summed E-state index contributed by atoms with van der Waals surface area (Å²) >= 11 is 7.24. The van der Waals surface area contributed by atoms with E-state index in [1.807, 2.05) is 0 Å². The van der Waals surface area contributed by atoms with Crippen LogP contribution in [0.2, 0.25) is 5.15 Å². The summed E-state index contributed by atoms with van der Waals surface area (Å²) in [5, 5.41) is 3.11. The Bertz CT molecular complexity index is 385. The molecule has 0 aromatic carbocycles. The van der Waals surface area contributed by atoms with Gasteiger partial charge in [0.25, 0.3) is 0 Å². The highest BCUT2D eigenvalue weighted by Gasteiger charge is 2.20. The van der Waals surface area contributed by atoms with Crippen LogP contribution in [0.25, 0.3) is 0 Å². The zero-order valence-corrected chi connectivity index (χ0v) is 8.73. The van der Waals surface area contributed by atoms with Gasteiger partial charge in [0.15, 0.2) is 0 Å². The second-order valence-corrected chi connectivity index (χ2v) is 4.36. The Morgan fingerprint density at radius 2 is 2.50 bits per heavy atom. The molecule has 6 heteroatoms. The van der Waals surface area contributed by atoms with E-state index in [1.54, 1.807) is 12.3 Å². The van der Waals surface area contributed by atoms with Crippen LogP contribution in [0.4, 0.5) is 5.69 Å². The fourth-order valence-electron chi connectivity index (χ4n) is 1.11. The summed E-state index contributed by atoms with van der Waals surface area (Å²) in [6, 6.07) is 1.24. The Morgan fingerprint density at radius 1 is 1.71 bits per heavy atom. The molecule has 4 nitrogen and oxygen atoms in total. The third kappa shape index (κ3) is 1.84. The first kappa shape index (κ1) is 9.76. The van der Waals surface area contributed by atoms with Crippen molar-refractivity contribution >= 4 is 35.0 Å². The molecule has 0 saturated heterocycles. The average Bonchev–Trinajstić information content (AvgIpc) is 2.29. The first-order valence-corrected chi connectivity index (χ1v) is 5.38. The van der Waals surface area contributed by atoms with Gasteiger partial charge >= 0.3 is 0 Å². The van der Waals surface area contributed by atoms with E-state index in [2.05, 4.69) is 10.3 Å². The van der Waals surface area contributed by atoms with Gasteiger partial charge in [0.05, 0.1) is 17.9 Å². The smallest absolute Gasteiger partial charge is 0.242 e. The molecule has 0 unspecified atom stereocenters. The highest BCUT2D eigenvalue weighted by molar-refractivity contribution is 7.99. The molecule has 0 bridgehead atoms. The Hall–Kier alpha value is -0.780. The van der Waals surface area contributed by atoms with Gasteiger partial charge in [-0.25, -0.2) is 4.98 Å². The number of thioether (sulfide) groups is 1. The summed E-state index contributed by atoms with van der Waals surface area (Å²) in [5.74, 6) is 0.375. The molecule has 0 radical (unpaired) electrons. The van der Waals surface area contributed by atoms with E-state index in [-0.39, 0.29) is 5.91 Å². The highest BCUT2D eigenvalue weighted by Crippen LogP contribution is 2.31. The van der Waals surface area contributed by atoms with Crippen LogP contribution in [0.1, 0.15) is 0 Å². The first-order chi connectivity index (χ1) is 6.66. The maximum atomic E-state index is 11.4. The number of fused-ring (bicyclic) bond motifs is 1. The van der Waals surface area contributed by atoms with Crippen molar-refractivity contribution in [1.29, 1.82) is 0 Å². The minimum Gasteiger partial charge on any atom is -0.322 e. The fraction of sp³-hybridized carbons (Fsp3) is 0.250. The van der Waals surface area contributed by atoms with E-state index in [0.717, 1.165) is 4.90 Å². The maximum Gasteiger partial charge on any atom is 0.242 e. The molecule has 0 fully saturated rings. The van der Waals surface area contributed by atoms with E-state index in [4.69, 9.17) is 17.3 Å². The number of amides is 1. The molecule has 1 aliphatic heterocycles. The Kier molecular flexibility index (Phi) is 2.62. The third-order valence-corrected chi connectivity index (χ3v) is 3.23. The summed E-state index contributed by atoms with van der Waals surface area (Å²) in [7, 11) is 0. The first-order valence-electron chi connectivity index (χ1n) is 4.01. The minimum atomic E-state index is -0.480. The number of nitrogens with two attached hydrogens (primary N) is 1. The van der Waals surface area contributed by atoms with Gasteiger partial charge in [0.2, 0.25) is 5.91 Å². The number of rotatable bonds is 0. The zero-order chi connectivity index (χ0) is 10.1. The van der Waals surface area contributed by atoms with Gasteiger partial charge < -0.3 is 11.1 Å². The molecular weight excluding hydrogens is 222 g/mol. The molecule has 3 N–H and O–H groups in total. The molecule has 14 heavy (non-hydrogen) atoms. The predicted molar refractivity (Wildman–Crippen MR) is 56.6 cm³/mol. The standard InChI is InChI=1S/C8H8ClN3OS/c9-7-1-6-5(2-11-7)12-8(13)4(10)3-14-6/h1-2,4H,3,10H2,(H,12,13)/t4-/m0/s1. The van der Waals surface area contributed by atoms with Gasteiger partial charge in [-0.05, 0) is 6.07 Å². The van der Waals surface area contributed by atoms with Crippen molar-refractivity contribution in [1.82, 2.24) is 4.98 Å². The molecule has 0 aliphatic carbocycles. The molecule has 1 atom stereocenters. The lowest BCUT2D eigenvalue weighted by molar-refractivity contribution is -0.116. The summed E-state index contributed by atoms with van der Waals surface area (Å²) in [4.78, 5) is 16.2. The van der Waals surface area contributed by atoms with Crippen molar-refractivity contribution < 1.29 is 4.79 Å². The summed E-state index contributed by atoms with van der Waals surface area (Å²) in [5.41, 5.74) is 6.29. The largest absolute Gasteiger partial charge is 0.322 e. The molecule has 1 aliphatic rings. The van der Waals surface area contributed by atoms with Crippen LogP contribution in [0.15, 0.2) is 17.2 Å². The number of nitrogens with zero attached hydrogens (tertiary/aromatic N) is 1. The van der Waals surface area contributed by atoms with Crippen LogP contribution in [0.3, 0.4) is 0 Å². The lowest BCUT2D eigenvalue weighted by Gasteiger charge is -2.05. The van der Waals surface area contributed by atoms with Crippen LogP contribution in [0, 0.1) is 0 Å². The number of anilines is 1. The number of carbonyl (C=O) groups excluding carboxylic acids is 1. The summed E-state index contributed by atoms with van der Waals surface area (Å²) < 4.78 is 0. The van der Waals surface area contributed by atoms with Crippen molar-refractivity contribution in [3.05, 3.63) is 17.4 Å². The average molecular weight is 230 g/mol. The van der Waals surface area contributed by atoms with Crippen LogP contribution in [-0.4, -0.2) is 22.7 Å². The molecule has 0 spiro atoms. The second kappa shape index (κ2) is 3.76. The third-order valence-electron chi connectivity index (χ3n) is 1.85. The molecule has 0 saturated carbocycles. The zero-order valence-electron chi connectivity index (χ0n) is 7.16. The Labute approximate surface area is 90.2 Å². The number of hydrogen-bond donors (Lipinski definition) is 2. The van der Waals surface area contributed by atoms with E-state index in [9.17, 15) is 4.79 Å². The molecule has 1 aromatic rings. The van der Waals surface area contributed by atoms with Gasteiger partial charge in [-0.15, -0.1) is 11.8 Å². The Balaban J connectivity index is 2.37. The van der Waals surface area contributed by atoms with E-state index in [1.165, 1.54) is 11.8 Å². The minimum absolute atomic E-state index is 0.180. The summed E-state index contributed by atoms with van der Waals surface area (Å²) in [6.07, 6.45) is 1.54. The number of nitrogens with one attached hydrogen (secondary N) is 1. The lowest BCUT2D eigenvalue weighted by Crippen LogP contribution is -2.36. The van der Waals surface area contributed by atoms with Crippen molar-refractivity contribution in [2.45, 2.75) is 10.9 Å². The SMILES string of the molecule is N[C@H]1CSc2cc(Cl)ncc2NC1=O. The van der Waals surface area contributed by atoms with Crippen LogP contribution < -0.4 is 11.1 Å². The Morgan fingerprint density at radius 3 is 3.29 bits per heavy atom. The number of carbonyl (C=O) groups is 1. The van der Waals surface area contributed by atoms with Crippen molar-refractivity contribution in [3.8, 4) is 0 Å². The van der Waals surface area contributed by atoms with Crippen molar-refractivity contribution in [3.63, 3.8) is 0 Å². The molecule has 1 amide bonds. The molecule has 2 heterocycles. The van der Waals surface area contributed by atoms with Gasteiger partial charge in [-0.1, -0.05) is 11.6 Å². The topological polar surface area (TPSA) is 68.0 Å². The predicted octanol–water partition coefficient (Wildman–Crippen LogP) is 1.11. The van der Waals surface area contributed by atoms with Crippen LogP contribution in [-0.2, 0) is 4.79 Å². The van der Waals surface area contributed by atoms with Gasteiger partial charge in [0, 0.05) is 10.6 Å². The molecular formula is C8H8ClN3OS. The molecule has 2 rings (SSSR count). The normalized spacial score (nSPS) is 21.0. The molecule has 1 aromatic heterocycles. The van der Waals surface area contributed by atoms with Crippen LogP contribution in [0.5, 0.6) is 0 Å². The number of aromatic nitrogens is 1. The number of halogens is 1. The van der Waals surface area contributed by atoms with Crippen molar-refractivity contribution in [2.24, 2.45) is 5.73 Å². The fourth-order valence-corrected chi connectivity index (χ4v) is 2.29. The maximum absolute atomic E-state index is 11.4. The van der Waals surface area contributed by atoms with E-state index < -0.39 is 6.04 Å². The number of pyridine rings is 1. The van der Waals surface area contributed by atoms with Crippen LogP contribution >= 0.6 is 23.4 Å². The van der Waals surface area contributed by atoms with Crippen molar-refractivity contribution in [2.75, 3.05) is 11.1 Å².